The molecule has 0 aliphatic carbocycles. The topological polar surface area (TPSA) is 283 Å². The van der Waals surface area contributed by atoms with Gasteiger partial charge in [-0.05, 0) is 66.3 Å². The molecule has 0 spiro atoms. The van der Waals surface area contributed by atoms with Crippen molar-refractivity contribution < 1.29 is 33.4 Å². The zero-order valence-electron chi connectivity index (χ0n) is 36.8. The molecular weight excluding hydrogens is 819 g/mol. The van der Waals surface area contributed by atoms with Crippen molar-refractivity contribution in [2.24, 2.45) is 17.2 Å². The lowest BCUT2D eigenvalue weighted by Crippen LogP contribution is -2.53. The van der Waals surface area contributed by atoms with Crippen molar-refractivity contribution in [3.8, 4) is 40.1 Å². The number of ether oxygens (including phenoxy) is 2. The average Bonchev–Trinajstić information content (AvgIpc) is 3.27. The highest BCUT2D eigenvalue weighted by Gasteiger charge is 2.35. The maximum atomic E-state index is 14.6. The van der Waals surface area contributed by atoms with E-state index in [2.05, 4.69) is 52.0 Å². The maximum absolute atomic E-state index is 14.6. The Labute approximate surface area is 372 Å². The Balaban J connectivity index is 1.53. The second kappa shape index (κ2) is 21.9. The lowest BCUT2D eigenvalue weighted by Gasteiger charge is -2.32. The Morgan fingerprint density at radius 3 is 2.22 bits per heavy atom. The zero-order valence-corrected chi connectivity index (χ0v) is 36.8. The predicted octanol–water partition coefficient (Wildman–Crippen LogP) is 1.54. The highest BCUT2D eigenvalue weighted by Crippen LogP contribution is 2.40. The molecule has 3 unspecified atom stereocenters. The van der Waals surface area contributed by atoms with Crippen molar-refractivity contribution in [3.05, 3.63) is 94.8 Å². The first-order chi connectivity index (χ1) is 30.6. The van der Waals surface area contributed by atoms with E-state index in [1.165, 1.54) is 18.1 Å². The van der Waals surface area contributed by atoms with Crippen LogP contribution in [-0.2, 0) is 31.0 Å². The molecule has 0 saturated carbocycles. The number of carbonyl (C=O) groups excluding carboxylic acids is 5. The lowest BCUT2D eigenvalue weighted by atomic mass is 9.87. The number of hydrogen-bond donors (Lipinski definition) is 7. The fraction of sp³-hybridized carbons (Fsp3) is 0.391. The second-order valence-corrected chi connectivity index (χ2v) is 16.3. The summed E-state index contributed by atoms with van der Waals surface area (Å²) in [6.45, 7) is 7.85. The minimum absolute atomic E-state index is 0.00287. The summed E-state index contributed by atoms with van der Waals surface area (Å²) in [7, 11) is 1.41. The predicted molar refractivity (Wildman–Crippen MR) is 240 cm³/mol. The van der Waals surface area contributed by atoms with Crippen LogP contribution in [0.25, 0.3) is 22.5 Å². The van der Waals surface area contributed by atoms with Crippen LogP contribution in [0.5, 0.6) is 11.5 Å². The number of aromatic nitrogens is 2. The lowest BCUT2D eigenvalue weighted by molar-refractivity contribution is -0.141. The molecule has 2 heterocycles. The Bertz CT molecular complexity index is 2380. The number of hydrogen-bond acceptors (Lipinski definition) is 13. The molecular formula is C46H57N11O7. The molecule has 1 aromatic heterocycles. The highest BCUT2D eigenvalue weighted by atomic mass is 16.5. The van der Waals surface area contributed by atoms with Crippen LogP contribution in [0.2, 0.25) is 0 Å². The molecule has 4 aromatic rings. The Morgan fingerprint density at radius 1 is 0.953 bits per heavy atom. The van der Waals surface area contributed by atoms with Crippen molar-refractivity contribution in [1.82, 2.24) is 36.1 Å². The number of amides is 5. The molecule has 0 radical (unpaired) electrons. The van der Waals surface area contributed by atoms with Crippen molar-refractivity contribution in [2.45, 2.75) is 64.1 Å². The van der Waals surface area contributed by atoms with Gasteiger partial charge in [0.15, 0.2) is 5.82 Å². The smallest absolute Gasteiger partial charge is 0.255 e. The van der Waals surface area contributed by atoms with E-state index in [0.29, 0.717) is 45.3 Å². The number of nitrogens with zero attached hydrogens (tertiary/aromatic N) is 4. The number of nitrogens with two attached hydrogens (primary N) is 3. The third-order valence-electron chi connectivity index (χ3n) is 10.5. The number of fused-ring (bicyclic) bond motifs is 5. The van der Waals surface area contributed by atoms with Gasteiger partial charge in [-0.3, -0.25) is 24.0 Å². The zero-order chi connectivity index (χ0) is 46.6. The first-order valence-corrected chi connectivity index (χ1v) is 21.0. The average molecular weight is 876 g/mol. The first kappa shape index (κ1) is 48.1. The molecule has 3 atom stereocenters. The van der Waals surface area contributed by atoms with E-state index >= 15 is 0 Å². The molecule has 5 rings (SSSR count). The number of aryl methyl sites for hydroxylation is 1. The summed E-state index contributed by atoms with van der Waals surface area (Å²) < 4.78 is 12.1. The number of carbonyl (C=O) groups is 5. The summed E-state index contributed by atoms with van der Waals surface area (Å²) in [5.74, 6) is -2.16. The Morgan fingerprint density at radius 2 is 1.61 bits per heavy atom. The van der Waals surface area contributed by atoms with Gasteiger partial charge in [-0.1, -0.05) is 57.2 Å². The fourth-order valence-electron chi connectivity index (χ4n) is 7.17. The van der Waals surface area contributed by atoms with Crippen LogP contribution in [0, 0.1) is 18.3 Å². The minimum atomic E-state index is -1.39. The van der Waals surface area contributed by atoms with Gasteiger partial charge < -0.3 is 52.8 Å². The number of likely N-dealkylation sites (N-methyl/N-ethyl adjacent to an activating group) is 1. The van der Waals surface area contributed by atoms with Crippen LogP contribution < -0.4 is 47.9 Å². The van der Waals surface area contributed by atoms with Gasteiger partial charge in [0.1, 0.15) is 49.4 Å². The van der Waals surface area contributed by atoms with E-state index in [0.717, 1.165) is 11.1 Å². The number of benzene rings is 3. The molecule has 64 heavy (non-hydrogen) atoms. The number of nitriles is 1. The first-order valence-electron chi connectivity index (χ1n) is 21.0. The van der Waals surface area contributed by atoms with E-state index < -0.39 is 54.2 Å². The van der Waals surface area contributed by atoms with E-state index in [1.807, 2.05) is 30.3 Å². The van der Waals surface area contributed by atoms with Gasteiger partial charge >= 0.3 is 0 Å². The second-order valence-electron chi connectivity index (χ2n) is 16.3. The van der Waals surface area contributed by atoms with E-state index in [1.54, 1.807) is 43.3 Å². The molecule has 18 nitrogen and oxygen atoms in total. The monoisotopic (exact) mass is 875 g/mol. The van der Waals surface area contributed by atoms with Gasteiger partial charge in [0.05, 0.1) is 23.9 Å². The van der Waals surface area contributed by atoms with Crippen molar-refractivity contribution >= 4 is 29.5 Å². The van der Waals surface area contributed by atoms with Crippen LogP contribution in [0.4, 0.5) is 0 Å². The quantitative estimate of drug-likeness (QED) is 0.0836. The van der Waals surface area contributed by atoms with Crippen LogP contribution >= 0.6 is 0 Å². The third-order valence-corrected chi connectivity index (χ3v) is 10.5. The molecule has 0 fully saturated rings. The van der Waals surface area contributed by atoms with Crippen molar-refractivity contribution in [1.29, 1.82) is 5.26 Å². The minimum Gasteiger partial charge on any atom is -0.492 e. The standard InChI is InChI=1S/C46H57N11O7/c1-27-34(25-52-41(54-27)29-7-10-31(11-8-29)46(2,3)4)42(59)56-35(14-15-47)45(62)57(5)40-30-9-13-38(64-21-18-50)33(24-30)32-22-28(6-12-37(32)63-20-17-49)23-36(43(60)51-19-16-48)55-39(58)26-53-44(40)61/h6-13,22,24-25,35-36,40H,14-15,17-21,23,26,47,49-50H2,1-5H3,(H,51,60)(H,53,61)(H,55,58)(H,56,59). The molecule has 4 bridgehead atoms. The Kier molecular flexibility index (Phi) is 16.5. The normalized spacial score (nSPS) is 15.6. The van der Waals surface area contributed by atoms with Gasteiger partial charge in [0.25, 0.3) is 5.91 Å². The van der Waals surface area contributed by atoms with E-state index in [-0.39, 0.29) is 63.2 Å². The van der Waals surface area contributed by atoms with Gasteiger partial charge in [0, 0.05) is 49.4 Å². The summed E-state index contributed by atoms with van der Waals surface area (Å²) in [4.78, 5) is 79.6. The van der Waals surface area contributed by atoms with Crippen molar-refractivity contribution in [2.75, 3.05) is 53.0 Å². The molecule has 1 aliphatic rings. The molecule has 1 aliphatic heterocycles. The SMILES string of the molecule is Cc1nc(-c2ccc(C(C)(C)C)cc2)ncc1C(=O)NC(CCN)C(=O)N(C)C1C(=O)NCC(=O)NC(C(=O)NCC#N)Cc2ccc(OCCN)c(c2)-c2cc1ccc2OCCN. The summed E-state index contributed by atoms with van der Waals surface area (Å²) >= 11 is 0. The van der Waals surface area contributed by atoms with Crippen LogP contribution in [0.3, 0.4) is 0 Å². The van der Waals surface area contributed by atoms with E-state index in [9.17, 15) is 24.0 Å². The van der Waals surface area contributed by atoms with E-state index in [4.69, 9.17) is 31.9 Å². The van der Waals surface area contributed by atoms with Gasteiger partial charge in [-0.25, -0.2) is 9.97 Å². The molecule has 5 amide bonds. The fourth-order valence-corrected chi connectivity index (χ4v) is 7.17. The van der Waals surface area contributed by atoms with Crippen molar-refractivity contribution in [3.63, 3.8) is 0 Å². The molecule has 338 valence electrons. The third kappa shape index (κ3) is 11.9. The summed E-state index contributed by atoms with van der Waals surface area (Å²) in [6, 6.07) is 16.1. The Hall–Kier alpha value is -6.94. The van der Waals surface area contributed by atoms with Crippen LogP contribution in [0.15, 0.2) is 66.9 Å². The summed E-state index contributed by atoms with van der Waals surface area (Å²) in [6.07, 6.45) is 1.42. The van der Waals surface area contributed by atoms with Gasteiger partial charge in [-0.15, -0.1) is 0 Å². The molecule has 10 N–H and O–H groups in total. The largest absolute Gasteiger partial charge is 0.492 e. The van der Waals surface area contributed by atoms with Gasteiger partial charge in [-0.2, -0.15) is 5.26 Å². The number of rotatable bonds is 15. The molecule has 0 saturated heterocycles. The molecule has 18 heteroatoms. The summed E-state index contributed by atoms with van der Waals surface area (Å²) in [5, 5.41) is 19.6. The molecule has 3 aromatic carbocycles. The maximum Gasteiger partial charge on any atom is 0.255 e. The highest BCUT2D eigenvalue weighted by molar-refractivity contribution is 5.99. The summed E-state index contributed by atoms with van der Waals surface area (Å²) in [5.41, 5.74) is 21.9. The van der Waals surface area contributed by atoms with Gasteiger partial charge in [0.2, 0.25) is 23.6 Å². The van der Waals surface area contributed by atoms with Crippen LogP contribution in [-0.4, -0.2) is 109 Å². The van der Waals surface area contributed by atoms with Crippen LogP contribution in [0.1, 0.15) is 66.0 Å². The number of nitrogens with one attached hydrogen (secondary N) is 4.